The number of aliphatic carboxylic acids is 1. The Morgan fingerprint density at radius 1 is 1.15 bits per heavy atom. The molecule has 2 aromatic rings. The van der Waals surface area contributed by atoms with Gasteiger partial charge in [0, 0.05) is 36.8 Å². The molecule has 1 aliphatic rings. The first kappa shape index (κ1) is 18.5. The number of fused-ring (bicyclic) bond motifs is 1. The van der Waals surface area contributed by atoms with Crippen molar-refractivity contribution in [1.82, 2.24) is 4.90 Å². The summed E-state index contributed by atoms with van der Waals surface area (Å²) in [6, 6.07) is 3.98. The highest BCUT2D eigenvalue weighted by Gasteiger charge is 2.31. The fourth-order valence-corrected chi connectivity index (χ4v) is 3.67. The lowest BCUT2D eigenvalue weighted by Crippen LogP contribution is -2.44. The Morgan fingerprint density at radius 3 is 2.42 bits per heavy atom. The Kier molecular flexibility index (Phi) is 5.32. The molecule has 0 bridgehead atoms. The van der Waals surface area contributed by atoms with E-state index in [0.29, 0.717) is 31.8 Å². The number of amides is 1. The van der Waals surface area contributed by atoms with Crippen molar-refractivity contribution in [3.63, 3.8) is 0 Å². The van der Waals surface area contributed by atoms with Gasteiger partial charge in [-0.1, -0.05) is 12.1 Å². The molecule has 140 valence electrons. The van der Waals surface area contributed by atoms with Crippen molar-refractivity contribution in [2.75, 3.05) is 19.8 Å². The maximum absolute atomic E-state index is 13.3. The molecule has 6 heteroatoms. The molecule has 26 heavy (non-hydrogen) atoms. The minimum absolute atomic E-state index is 0.0228. The van der Waals surface area contributed by atoms with Gasteiger partial charge >= 0.3 is 5.97 Å². The zero-order chi connectivity index (χ0) is 18.8. The first-order chi connectivity index (χ1) is 12.4. The lowest BCUT2D eigenvalue weighted by Gasteiger charge is -2.33. The summed E-state index contributed by atoms with van der Waals surface area (Å²) in [7, 11) is 0. The lowest BCUT2D eigenvalue weighted by atomic mass is 10.0. The average molecular weight is 359 g/mol. The van der Waals surface area contributed by atoms with Crippen LogP contribution in [0.2, 0.25) is 0 Å². The second kappa shape index (κ2) is 7.50. The summed E-state index contributed by atoms with van der Waals surface area (Å²) in [6.45, 7) is 7.19. The Morgan fingerprint density at radius 2 is 1.81 bits per heavy atom. The Balaban J connectivity index is 1.99. The van der Waals surface area contributed by atoms with E-state index in [9.17, 15) is 9.59 Å². The summed E-state index contributed by atoms with van der Waals surface area (Å²) < 4.78 is 11.4. The molecule has 0 unspecified atom stereocenters. The SMILES string of the molecule is Cc1ccc(C)c2c(C)c(C(=O)N(CCC(=O)O)C3CCOCC3)oc12. The number of furan rings is 1. The van der Waals surface area contributed by atoms with Crippen molar-refractivity contribution < 1.29 is 23.8 Å². The normalized spacial score (nSPS) is 15.3. The van der Waals surface area contributed by atoms with Gasteiger partial charge in [-0.2, -0.15) is 0 Å². The molecule has 1 aliphatic heterocycles. The molecule has 1 N–H and O–H groups in total. The van der Waals surface area contributed by atoms with Gasteiger partial charge in [0.2, 0.25) is 0 Å². The van der Waals surface area contributed by atoms with Crippen LogP contribution in [0, 0.1) is 20.8 Å². The first-order valence-corrected chi connectivity index (χ1v) is 9.00. The molecule has 6 nitrogen and oxygen atoms in total. The maximum Gasteiger partial charge on any atom is 0.305 e. The number of carboxylic acids is 1. The molecule has 1 saturated heterocycles. The minimum atomic E-state index is -0.914. The average Bonchev–Trinajstić information content (AvgIpc) is 2.97. The molecule has 1 aromatic carbocycles. The van der Waals surface area contributed by atoms with Crippen LogP contribution in [0.5, 0.6) is 0 Å². The first-order valence-electron chi connectivity index (χ1n) is 9.00. The van der Waals surface area contributed by atoms with Crippen molar-refractivity contribution in [3.05, 3.63) is 34.6 Å². The predicted molar refractivity (Wildman–Crippen MR) is 97.6 cm³/mol. The van der Waals surface area contributed by atoms with Crippen LogP contribution in [0.25, 0.3) is 11.0 Å². The van der Waals surface area contributed by atoms with Gasteiger partial charge in [0.15, 0.2) is 5.76 Å². The zero-order valence-electron chi connectivity index (χ0n) is 15.5. The van der Waals surface area contributed by atoms with E-state index in [4.69, 9.17) is 14.3 Å². The van der Waals surface area contributed by atoms with Gasteiger partial charge in [0.05, 0.1) is 6.42 Å². The van der Waals surface area contributed by atoms with Gasteiger partial charge in [-0.05, 0) is 44.7 Å². The molecule has 1 aromatic heterocycles. The second-order valence-corrected chi connectivity index (χ2v) is 6.95. The molecule has 2 heterocycles. The van der Waals surface area contributed by atoms with E-state index >= 15 is 0 Å². The number of carbonyl (C=O) groups is 2. The second-order valence-electron chi connectivity index (χ2n) is 6.95. The largest absolute Gasteiger partial charge is 0.481 e. The molecule has 0 aliphatic carbocycles. The van der Waals surface area contributed by atoms with Crippen LogP contribution in [0.3, 0.4) is 0 Å². The van der Waals surface area contributed by atoms with Gasteiger partial charge in [-0.15, -0.1) is 0 Å². The summed E-state index contributed by atoms with van der Waals surface area (Å²) in [5.41, 5.74) is 3.60. The highest BCUT2D eigenvalue weighted by Crippen LogP contribution is 2.32. The molecule has 3 rings (SSSR count). The number of ether oxygens (including phenoxy) is 1. The van der Waals surface area contributed by atoms with Crippen molar-refractivity contribution >= 4 is 22.8 Å². The number of carbonyl (C=O) groups excluding carboxylic acids is 1. The van der Waals surface area contributed by atoms with Crippen LogP contribution in [0.15, 0.2) is 16.5 Å². The summed E-state index contributed by atoms with van der Waals surface area (Å²) in [6.07, 6.45) is 1.34. The van der Waals surface area contributed by atoms with Gasteiger partial charge in [-0.3, -0.25) is 9.59 Å². The van der Waals surface area contributed by atoms with Crippen LogP contribution in [0.4, 0.5) is 0 Å². The van der Waals surface area contributed by atoms with E-state index in [1.165, 1.54) is 0 Å². The van der Waals surface area contributed by atoms with Crippen LogP contribution >= 0.6 is 0 Å². The Hall–Kier alpha value is -2.34. The quantitative estimate of drug-likeness (QED) is 0.884. The molecule has 1 fully saturated rings. The monoisotopic (exact) mass is 359 g/mol. The number of nitrogens with zero attached hydrogens (tertiary/aromatic N) is 1. The third kappa shape index (κ3) is 3.46. The van der Waals surface area contributed by atoms with E-state index < -0.39 is 5.97 Å². The van der Waals surface area contributed by atoms with Crippen molar-refractivity contribution in [2.24, 2.45) is 0 Å². The molecular weight excluding hydrogens is 334 g/mol. The summed E-state index contributed by atoms with van der Waals surface area (Å²) >= 11 is 0. The number of carboxylic acid groups (broad SMARTS) is 1. The smallest absolute Gasteiger partial charge is 0.305 e. The minimum Gasteiger partial charge on any atom is -0.481 e. The molecule has 0 spiro atoms. The summed E-state index contributed by atoms with van der Waals surface area (Å²) in [5.74, 6) is -0.831. The Labute approximate surface area is 152 Å². The molecule has 0 atom stereocenters. The third-order valence-corrected chi connectivity index (χ3v) is 5.14. The van der Waals surface area contributed by atoms with Crippen LogP contribution in [-0.4, -0.2) is 47.7 Å². The van der Waals surface area contributed by atoms with E-state index in [1.807, 2.05) is 32.9 Å². The number of hydrogen-bond acceptors (Lipinski definition) is 4. The predicted octanol–water partition coefficient (Wildman–Crippen LogP) is 3.45. The number of hydrogen-bond donors (Lipinski definition) is 1. The van der Waals surface area contributed by atoms with E-state index in [2.05, 4.69) is 0 Å². The van der Waals surface area contributed by atoms with Crippen molar-refractivity contribution in [2.45, 2.75) is 46.1 Å². The third-order valence-electron chi connectivity index (χ3n) is 5.14. The van der Waals surface area contributed by atoms with E-state index in [1.54, 1.807) is 4.90 Å². The van der Waals surface area contributed by atoms with E-state index in [-0.39, 0.29) is 24.9 Å². The lowest BCUT2D eigenvalue weighted by molar-refractivity contribution is -0.137. The van der Waals surface area contributed by atoms with Gasteiger partial charge in [0.1, 0.15) is 5.58 Å². The highest BCUT2D eigenvalue weighted by atomic mass is 16.5. The highest BCUT2D eigenvalue weighted by molar-refractivity contribution is 6.00. The van der Waals surface area contributed by atoms with Crippen molar-refractivity contribution in [1.29, 1.82) is 0 Å². The number of aryl methyl sites for hydroxylation is 3. The van der Waals surface area contributed by atoms with Crippen LogP contribution < -0.4 is 0 Å². The summed E-state index contributed by atoms with van der Waals surface area (Å²) in [5, 5.41) is 10.0. The number of benzene rings is 1. The summed E-state index contributed by atoms with van der Waals surface area (Å²) in [4.78, 5) is 26.0. The molecular formula is C20H25NO5. The fraction of sp³-hybridized carbons (Fsp3) is 0.500. The van der Waals surface area contributed by atoms with Gasteiger partial charge in [0.25, 0.3) is 5.91 Å². The topological polar surface area (TPSA) is 80.0 Å². The Bertz CT molecular complexity index is 832. The van der Waals surface area contributed by atoms with Gasteiger partial charge < -0.3 is 19.2 Å². The van der Waals surface area contributed by atoms with Crippen LogP contribution in [-0.2, 0) is 9.53 Å². The standard InChI is InChI=1S/C20H25NO5/c1-12-4-5-13(2)18-17(12)14(3)19(26-18)20(24)21(9-6-16(22)23)15-7-10-25-11-8-15/h4-5,15H,6-11H2,1-3H3,(H,22,23). The molecule has 0 saturated carbocycles. The van der Waals surface area contributed by atoms with Crippen molar-refractivity contribution in [3.8, 4) is 0 Å². The van der Waals surface area contributed by atoms with Crippen LogP contribution in [0.1, 0.15) is 46.5 Å². The maximum atomic E-state index is 13.3. The fourth-order valence-electron chi connectivity index (χ4n) is 3.67. The molecule has 0 radical (unpaired) electrons. The van der Waals surface area contributed by atoms with E-state index in [0.717, 1.165) is 27.7 Å². The number of rotatable bonds is 5. The van der Waals surface area contributed by atoms with Gasteiger partial charge in [-0.25, -0.2) is 0 Å². The molecule has 1 amide bonds. The zero-order valence-corrected chi connectivity index (χ0v) is 15.5.